The van der Waals surface area contributed by atoms with Crippen LogP contribution in [0.25, 0.3) is 10.2 Å². The molecule has 2 amide bonds. The molecule has 0 aliphatic rings. The summed E-state index contributed by atoms with van der Waals surface area (Å²) >= 11 is 7.23. The maximum absolute atomic E-state index is 12.2. The van der Waals surface area contributed by atoms with Crippen LogP contribution in [0.4, 0.5) is 15.6 Å². The molecule has 6 nitrogen and oxygen atoms in total. The Morgan fingerprint density at radius 2 is 1.96 bits per heavy atom. The van der Waals surface area contributed by atoms with Gasteiger partial charge in [-0.2, -0.15) is 0 Å². The van der Waals surface area contributed by atoms with Crippen molar-refractivity contribution in [3.63, 3.8) is 0 Å². The number of carbonyl (C=O) groups excluding carboxylic acids is 1. The smallest absolute Gasteiger partial charge is 0.307 e. The van der Waals surface area contributed by atoms with Crippen molar-refractivity contribution in [1.29, 1.82) is 0 Å². The van der Waals surface area contributed by atoms with E-state index >= 15 is 0 Å². The number of amides is 2. The molecule has 2 N–H and O–H groups in total. The number of nitrogens with zero attached hydrogens (tertiary/aromatic N) is 1. The molecule has 3 rings (SSSR count). The molecule has 0 unspecified atom stereocenters. The highest BCUT2D eigenvalue weighted by atomic mass is 35.5. The van der Waals surface area contributed by atoms with Crippen LogP contribution in [0.15, 0.2) is 41.3 Å². The molecule has 2 aromatic carbocycles. The highest BCUT2D eigenvalue weighted by Crippen LogP contribution is 2.28. The van der Waals surface area contributed by atoms with Crippen molar-refractivity contribution in [2.75, 3.05) is 16.9 Å². The molecule has 3 aromatic rings. The van der Waals surface area contributed by atoms with Gasteiger partial charge >= 0.3 is 6.03 Å². The van der Waals surface area contributed by atoms with Crippen LogP contribution in [-0.4, -0.2) is 25.7 Å². The number of aromatic nitrogens is 1. The summed E-state index contributed by atoms with van der Waals surface area (Å²) < 4.78 is 23.9. The van der Waals surface area contributed by atoms with Gasteiger partial charge in [-0.3, -0.25) is 5.32 Å². The SMILES string of the molecule is Cc1c(Cl)cccc1NC(=O)Nc1nc2ccc(S(C)(=O)=O)cc2s1. The molecule has 0 atom stereocenters. The molecule has 0 bridgehead atoms. The Hall–Kier alpha value is -2.16. The number of anilines is 2. The van der Waals surface area contributed by atoms with E-state index in [2.05, 4.69) is 15.6 Å². The summed E-state index contributed by atoms with van der Waals surface area (Å²) in [5.41, 5.74) is 1.98. The van der Waals surface area contributed by atoms with Crippen molar-refractivity contribution in [1.82, 2.24) is 4.98 Å². The molecular formula is C16H14ClN3O3S2. The molecule has 0 saturated heterocycles. The summed E-state index contributed by atoms with van der Waals surface area (Å²) in [6.45, 7) is 1.81. The highest BCUT2D eigenvalue weighted by Gasteiger charge is 2.13. The standard InChI is InChI=1S/C16H14ClN3O3S2/c1-9-11(17)4-3-5-12(9)18-15(21)20-16-19-13-7-6-10(25(2,22)23)8-14(13)24-16/h3-8H,1-2H3,(H2,18,19,20,21). The van der Waals surface area contributed by atoms with Gasteiger partial charge in [-0.15, -0.1) is 0 Å². The lowest BCUT2D eigenvalue weighted by molar-refractivity contribution is 0.262. The van der Waals surface area contributed by atoms with E-state index < -0.39 is 15.9 Å². The molecule has 130 valence electrons. The summed E-state index contributed by atoms with van der Waals surface area (Å²) in [5.74, 6) is 0. The Morgan fingerprint density at radius 1 is 1.20 bits per heavy atom. The van der Waals surface area contributed by atoms with Gasteiger partial charge in [0.15, 0.2) is 15.0 Å². The summed E-state index contributed by atoms with van der Waals surface area (Å²) in [7, 11) is -3.29. The first-order chi connectivity index (χ1) is 11.7. The molecule has 0 aliphatic carbocycles. The fraction of sp³-hybridized carbons (Fsp3) is 0.125. The minimum absolute atomic E-state index is 0.217. The number of urea groups is 1. The number of fused-ring (bicyclic) bond motifs is 1. The van der Waals surface area contributed by atoms with E-state index in [1.165, 1.54) is 17.4 Å². The Labute approximate surface area is 153 Å². The van der Waals surface area contributed by atoms with Crippen LogP contribution in [0, 0.1) is 6.92 Å². The number of benzene rings is 2. The molecule has 0 spiro atoms. The minimum Gasteiger partial charge on any atom is -0.307 e. The van der Waals surface area contributed by atoms with Gasteiger partial charge in [-0.05, 0) is 42.8 Å². The van der Waals surface area contributed by atoms with E-state index in [9.17, 15) is 13.2 Å². The van der Waals surface area contributed by atoms with E-state index in [0.29, 0.717) is 26.1 Å². The van der Waals surface area contributed by atoms with E-state index in [-0.39, 0.29) is 4.90 Å². The number of halogens is 1. The van der Waals surface area contributed by atoms with Crippen LogP contribution < -0.4 is 10.6 Å². The normalized spacial score (nSPS) is 11.5. The summed E-state index contributed by atoms with van der Waals surface area (Å²) in [6, 6.07) is 9.45. The topological polar surface area (TPSA) is 88.2 Å². The fourth-order valence-electron chi connectivity index (χ4n) is 2.18. The molecule has 1 aromatic heterocycles. The Balaban J connectivity index is 1.80. The van der Waals surface area contributed by atoms with Crippen molar-refractivity contribution in [3.05, 3.63) is 47.0 Å². The van der Waals surface area contributed by atoms with Gasteiger partial charge < -0.3 is 5.32 Å². The second-order valence-electron chi connectivity index (χ2n) is 5.41. The second kappa shape index (κ2) is 6.62. The van der Waals surface area contributed by atoms with Crippen molar-refractivity contribution in [2.24, 2.45) is 0 Å². The van der Waals surface area contributed by atoms with E-state index in [1.807, 2.05) is 6.92 Å². The largest absolute Gasteiger partial charge is 0.325 e. The van der Waals surface area contributed by atoms with Crippen molar-refractivity contribution in [2.45, 2.75) is 11.8 Å². The lowest BCUT2D eigenvalue weighted by Gasteiger charge is -2.09. The van der Waals surface area contributed by atoms with Gasteiger partial charge in [0.2, 0.25) is 0 Å². The Kier molecular flexibility index (Phi) is 4.68. The summed E-state index contributed by atoms with van der Waals surface area (Å²) in [5, 5.41) is 6.30. The molecule has 9 heteroatoms. The zero-order valence-electron chi connectivity index (χ0n) is 13.3. The predicted octanol–water partition coefficient (Wildman–Crippen LogP) is 4.31. The van der Waals surface area contributed by atoms with Gasteiger partial charge in [-0.25, -0.2) is 18.2 Å². The van der Waals surface area contributed by atoms with Gasteiger partial charge in [-0.1, -0.05) is 29.0 Å². The first-order valence-corrected chi connectivity index (χ1v) is 10.3. The lowest BCUT2D eigenvalue weighted by atomic mass is 10.2. The molecule has 1 heterocycles. The van der Waals surface area contributed by atoms with E-state index in [4.69, 9.17) is 11.6 Å². The Morgan fingerprint density at radius 3 is 2.68 bits per heavy atom. The number of carbonyl (C=O) groups is 1. The van der Waals surface area contributed by atoms with Crippen LogP contribution in [0.1, 0.15) is 5.56 Å². The zero-order valence-corrected chi connectivity index (χ0v) is 15.7. The third kappa shape index (κ3) is 3.92. The van der Waals surface area contributed by atoms with Crippen LogP contribution in [-0.2, 0) is 9.84 Å². The van der Waals surface area contributed by atoms with Gasteiger partial charge in [0.25, 0.3) is 0 Å². The molecule has 0 saturated carbocycles. The number of nitrogens with one attached hydrogen (secondary N) is 2. The van der Waals surface area contributed by atoms with Crippen molar-refractivity contribution in [3.8, 4) is 0 Å². The number of hydrogen-bond donors (Lipinski definition) is 2. The van der Waals surface area contributed by atoms with Gasteiger partial charge in [0, 0.05) is 17.0 Å². The molecular weight excluding hydrogens is 382 g/mol. The molecule has 25 heavy (non-hydrogen) atoms. The molecule has 0 radical (unpaired) electrons. The van der Waals surface area contributed by atoms with Gasteiger partial charge in [0.1, 0.15) is 0 Å². The number of hydrogen-bond acceptors (Lipinski definition) is 5. The van der Waals surface area contributed by atoms with Crippen LogP contribution >= 0.6 is 22.9 Å². The third-order valence-electron chi connectivity index (χ3n) is 3.52. The quantitative estimate of drug-likeness (QED) is 0.691. The zero-order chi connectivity index (χ0) is 18.2. The van der Waals surface area contributed by atoms with Crippen molar-refractivity contribution < 1.29 is 13.2 Å². The number of rotatable bonds is 3. The third-order valence-corrected chi connectivity index (χ3v) is 5.98. The lowest BCUT2D eigenvalue weighted by Crippen LogP contribution is -2.19. The second-order valence-corrected chi connectivity index (χ2v) is 8.87. The fourth-order valence-corrected chi connectivity index (χ4v) is 3.98. The average molecular weight is 396 g/mol. The highest BCUT2D eigenvalue weighted by molar-refractivity contribution is 7.90. The predicted molar refractivity (Wildman–Crippen MR) is 102 cm³/mol. The van der Waals surface area contributed by atoms with Crippen LogP contribution in [0.5, 0.6) is 0 Å². The monoisotopic (exact) mass is 395 g/mol. The average Bonchev–Trinajstić information content (AvgIpc) is 2.92. The van der Waals surface area contributed by atoms with Crippen molar-refractivity contribution >= 4 is 59.8 Å². The number of thiazole rings is 1. The molecule has 0 fully saturated rings. The Bertz CT molecular complexity index is 1080. The van der Waals surface area contributed by atoms with Crippen LogP contribution in [0.3, 0.4) is 0 Å². The maximum atomic E-state index is 12.2. The van der Waals surface area contributed by atoms with E-state index in [0.717, 1.165) is 11.8 Å². The van der Waals surface area contributed by atoms with Gasteiger partial charge in [0.05, 0.1) is 15.1 Å². The number of sulfone groups is 1. The minimum atomic E-state index is -3.29. The maximum Gasteiger partial charge on any atom is 0.325 e. The van der Waals surface area contributed by atoms with E-state index in [1.54, 1.807) is 30.3 Å². The first kappa shape index (κ1) is 17.7. The molecule has 0 aliphatic heterocycles. The first-order valence-electron chi connectivity index (χ1n) is 7.18. The summed E-state index contributed by atoms with van der Waals surface area (Å²) in [4.78, 5) is 16.7. The summed E-state index contributed by atoms with van der Waals surface area (Å²) in [6.07, 6.45) is 1.15. The van der Waals surface area contributed by atoms with Crippen LogP contribution in [0.2, 0.25) is 5.02 Å².